The van der Waals surface area contributed by atoms with Gasteiger partial charge in [0.15, 0.2) is 0 Å². The van der Waals surface area contributed by atoms with Gasteiger partial charge in [0.1, 0.15) is 5.60 Å². The molecule has 6 heteroatoms. The maximum absolute atomic E-state index is 11.6. The van der Waals surface area contributed by atoms with Gasteiger partial charge in [0.2, 0.25) is 0 Å². The van der Waals surface area contributed by atoms with Gasteiger partial charge in [-0.15, -0.1) is 0 Å². The van der Waals surface area contributed by atoms with Crippen LogP contribution in [0.4, 0.5) is 4.79 Å². The van der Waals surface area contributed by atoms with Crippen LogP contribution in [0.3, 0.4) is 0 Å². The van der Waals surface area contributed by atoms with E-state index in [0.29, 0.717) is 6.54 Å². The van der Waals surface area contributed by atoms with Crippen LogP contribution >= 0.6 is 11.8 Å². The van der Waals surface area contributed by atoms with E-state index in [0.717, 1.165) is 18.7 Å². The first-order valence-corrected chi connectivity index (χ1v) is 9.76. The molecule has 5 nitrogen and oxygen atoms in total. The summed E-state index contributed by atoms with van der Waals surface area (Å²) in [4.78, 5) is 15.8. The van der Waals surface area contributed by atoms with Crippen LogP contribution in [0, 0.1) is 0 Å². The summed E-state index contributed by atoms with van der Waals surface area (Å²) in [6.07, 6.45) is 11.4. The van der Waals surface area contributed by atoms with Crippen molar-refractivity contribution in [3.8, 4) is 0 Å². The lowest BCUT2D eigenvalue weighted by molar-refractivity contribution is 0.0528. The number of nitrogens with one attached hydrogen (secondary N) is 1. The Hall–Kier alpha value is -1.17. The molecule has 23 heavy (non-hydrogen) atoms. The minimum atomic E-state index is -0.456. The Bertz CT molecular complexity index is 455. The second-order valence-corrected chi connectivity index (χ2v) is 7.65. The standard InChI is InChI=1S/C17H31N3O2S/c1-17(2,3)22-16(21)19-10-9-15-13-18-14-20(15)11-7-5-6-8-12-23-4/h13-14H,5-12H2,1-4H3,(H,19,21). The number of carbonyl (C=O) groups is 1. The summed E-state index contributed by atoms with van der Waals surface area (Å²) in [6, 6.07) is 0. The van der Waals surface area contributed by atoms with Crippen molar-refractivity contribution in [3.05, 3.63) is 18.2 Å². The summed E-state index contributed by atoms with van der Waals surface area (Å²) in [7, 11) is 0. The van der Waals surface area contributed by atoms with Gasteiger partial charge in [-0.3, -0.25) is 0 Å². The molecule has 1 N–H and O–H groups in total. The summed E-state index contributed by atoms with van der Waals surface area (Å²) in [5.41, 5.74) is 0.701. The molecule has 0 radical (unpaired) electrons. The van der Waals surface area contributed by atoms with E-state index in [1.54, 1.807) is 0 Å². The zero-order valence-electron chi connectivity index (χ0n) is 14.9. The molecule has 1 aromatic heterocycles. The molecule has 0 saturated heterocycles. The average Bonchev–Trinajstić information content (AvgIpc) is 2.88. The maximum atomic E-state index is 11.6. The van der Waals surface area contributed by atoms with E-state index in [-0.39, 0.29) is 6.09 Å². The number of alkyl carbamates (subject to hydrolysis) is 1. The minimum absolute atomic E-state index is 0.364. The van der Waals surface area contributed by atoms with E-state index < -0.39 is 5.60 Å². The first-order chi connectivity index (χ1) is 10.9. The molecule has 1 aromatic rings. The number of aromatic nitrogens is 2. The Balaban J connectivity index is 2.23. The third-order valence-electron chi connectivity index (χ3n) is 3.35. The highest BCUT2D eigenvalue weighted by Gasteiger charge is 2.15. The number of hydrogen-bond donors (Lipinski definition) is 1. The summed E-state index contributed by atoms with van der Waals surface area (Å²) in [5.74, 6) is 1.26. The molecule has 0 bridgehead atoms. The monoisotopic (exact) mass is 341 g/mol. The van der Waals surface area contributed by atoms with Gasteiger partial charge in [-0.1, -0.05) is 12.8 Å². The van der Waals surface area contributed by atoms with Crippen molar-refractivity contribution in [1.82, 2.24) is 14.9 Å². The number of imidazole rings is 1. The molecule has 0 atom stereocenters. The lowest BCUT2D eigenvalue weighted by Crippen LogP contribution is -2.33. The zero-order chi connectivity index (χ0) is 17.1. The summed E-state index contributed by atoms with van der Waals surface area (Å²) < 4.78 is 7.41. The number of rotatable bonds is 10. The molecule has 0 aliphatic rings. The molecule has 0 aliphatic heterocycles. The highest BCUT2D eigenvalue weighted by Crippen LogP contribution is 2.09. The third-order valence-corrected chi connectivity index (χ3v) is 4.04. The second kappa shape index (κ2) is 10.6. The van der Waals surface area contributed by atoms with Gasteiger partial charge in [0, 0.05) is 31.4 Å². The Labute approximate surface area is 144 Å². The number of unbranched alkanes of at least 4 members (excludes halogenated alkanes) is 3. The average molecular weight is 342 g/mol. The van der Waals surface area contributed by atoms with Gasteiger partial charge in [-0.25, -0.2) is 9.78 Å². The van der Waals surface area contributed by atoms with Crippen molar-refractivity contribution < 1.29 is 9.53 Å². The molecule has 0 spiro atoms. The first-order valence-electron chi connectivity index (χ1n) is 8.37. The molecule has 0 aliphatic carbocycles. The van der Waals surface area contributed by atoms with Crippen molar-refractivity contribution in [2.24, 2.45) is 0 Å². The van der Waals surface area contributed by atoms with Gasteiger partial charge in [-0.2, -0.15) is 11.8 Å². The van der Waals surface area contributed by atoms with Gasteiger partial charge >= 0.3 is 6.09 Å². The maximum Gasteiger partial charge on any atom is 0.407 e. The highest BCUT2D eigenvalue weighted by atomic mass is 32.2. The fourth-order valence-electron chi connectivity index (χ4n) is 2.25. The van der Waals surface area contributed by atoms with Gasteiger partial charge < -0.3 is 14.6 Å². The number of hydrogen-bond acceptors (Lipinski definition) is 4. The van der Waals surface area contributed by atoms with Crippen LogP contribution in [-0.4, -0.2) is 39.8 Å². The van der Waals surface area contributed by atoms with Crippen LogP contribution in [-0.2, 0) is 17.7 Å². The number of carbonyl (C=O) groups excluding carboxylic acids is 1. The van der Waals surface area contributed by atoms with Crippen molar-refractivity contribution in [3.63, 3.8) is 0 Å². The molecule has 0 saturated carbocycles. The quantitative estimate of drug-likeness (QED) is 0.656. The summed E-state index contributed by atoms with van der Waals surface area (Å²) in [6.45, 7) is 7.15. The Morgan fingerprint density at radius 3 is 2.74 bits per heavy atom. The zero-order valence-corrected chi connectivity index (χ0v) is 15.7. The Morgan fingerprint density at radius 2 is 2.04 bits per heavy atom. The number of nitrogens with zero attached hydrogens (tertiary/aromatic N) is 2. The van der Waals surface area contributed by atoms with E-state index >= 15 is 0 Å². The van der Waals surface area contributed by atoms with Gasteiger partial charge in [0.25, 0.3) is 0 Å². The van der Waals surface area contributed by atoms with E-state index in [1.807, 2.05) is 45.1 Å². The molecular formula is C17H31N3O2S. The molecule has 0 aromatic carbocycles. The molecule has 1 amide bonds. The van der Waals surface area contributed by atoms with Crippen molar-refractivity contribution in [2.75, 3.05) is 18.6 Å². The van der Waals surface area contributed by atoms with E-state index in [2.05, 4.69) is 21.1 Å². The van der Waals surface area contributed by atoms with Crippen LogP contribution in [0.5, 0.6) is 0 Å². The number of aryl methyl sites for hydroxylation is 1. The van der Waals surface area contributed by atoms with E-state index in [9.17, 15) is 4.79 Å². The molecule has 1 rings (SSSR count). The van der Waals surface area contributed by atoms with Crippen molar-refractivity contribution in [1.29, 1.82) is 0 Å². The van der Waals surface area contributed by atoms with Crippen molar-refractivity contribution in [2.45, 2.75) is 65.0 Å². The number of amides is 1. The SMILES string of the molecule is CSCCCCCCn1cncc1CCNC(=O)OC(C)(C)C. The van der Waals surface area contributed by atoms with E-state index in [1.165, 1.54) is 31.4 Å². The lowest BCUT2D eigenvalue weighted by Gasteiger charge is -2.19. The predicted molar refractivity (Wildman–Crippen MR) is 97.0 cm³/mol. The normalized spacial score (nSPS) is 11.5. The summed E-state index contributed by atoms with van der Waals surface area (Å²) in [5, 5.41) is 2.79. The summed E-state index contributed by atoms with van der Waals surface area (Å²) >= 11 is 1.91. The van der Waals surface area contributed by atoms with Crippen LogP contribution < -0.4 is 5.32 Å². The largest absolute Gasteiger partial charge is 0.444 e. The van der Waals surface area contributed by atoms with Gasteiger partial charge in [-0.05, 0) is 45.6 Å². The lowest BCUT2D eigenvalue weighted by atomic mass is 10.2. The topological polar surface area (TPSA) is 56.2 Å². The fourth-order valence-corrected chi connectivity index (χ4v) is 2.74. The van der Waals surface area contributed by atoms with Crippen LogP contribution in [0.1, 0.15) is 52.1 Å². The second-order valence-electron chi connectivity index (χ2n) is 6.66. The minimum Gasteiger partial charge on any atom is -0.444 e. The third kappa shape index (κ3) is 9.54. The molecular weight excluding hydrogens is 310 g/mol. The molecule has 0 unspecified atom stereocenters. The highest BCUT2D eigenvalue weighted by molar-refractivity contribution is 7.98. The number of ether oxygens (including phenoxy) is 1. The van der Waals surface area contributed by atoms with Gasteiger partial charge in [0.05, 0.1) is 6.33 Å². The van der Waals surface area contributed by atoms with Crippen LogP contribution in [0.2, 0.25) is 0 Å². The molecule has 132 valence electrons. The fraction of sp³-hybridized carbons (Fsp3) is 0.765. The van der Waals surface area contributed by atoms with Crippen LogP contribution in [0.15, 0.2) is 12.5 Å². The molecule has 0 fully saturated rings. The predicted octanol–water partition coefficient (Wildman–Crippen LogP) is 3.87. The van der Waals surface area contributed by atoms with Crippen molar-refractivity contribution >= 4 is 17.9 Å². The van der Waals surface area contributed by atoms with E-state index in [4.69, 9.17) is 4.74 Å². The molecule has 1 heterocycles. The van der Waals surface area contributed by atoms with Crippen LogP contribution in [0.25, 0.3) is 0 Å². The Morgan fingerprint density at radius 1 is 1.30 bits per heavy atom. The smallest absolute Gasteiger partial charge is 0.407 e. The number of thioether (sulfide) groups is 1. The Kier molecular flexibility index (Phi) is 9.14. The first kappa shape index (κ1) is 19.9.